The lowest BCUT2D eigenvalue weighted by Crippen LogP contribution is -2.49. The SMILES string of the molecule is CC[Si](CC)(CC)C(OC)C1=C(c2ccccc2)C2C=CC1C2. The Balaban J connectivity index is 2.11. The van der Waals surface area contributed by atoms with Gasteiger partial charge in [-0.1, -0.05) is 81.4 Å². The van der Waals surface area contributed by atoms with Crippen LogP contribution >= 0.6 is 0 Å². The summed E-state index contributed by atoms with van der Waals surface area (Å²) in [6.07, 6.45) is 6.13. The van der Waals surface area contributed by atoms with E-state index in [4.69, 9.17) is 4.74 Å². The first-order chi connectivity index (χ1) is 11.2. The molecule has 3 unspecified atom stereocenters. The maximum atomic E-state index is 6.25. The summed E-state index contributed by atoms with van der Waals surface area (Å²) in [6.45, 7) is 7.16. The minimum Gasteiger partial charge on any atom is -0.381 e. The van der Waals surface area contributed by atoms with Crippen molar-refractivity contribution >= 4 is 13.6 Å². The lowest BCUT2D eigenvalue weighted by molar-refractivity contribution is 0.177. The molecule has 2 aliphatic rings. The molecule has 0 aromatic heterocycles. The van der Waals surface area contributed by atoms with Crippen LogP contribution in [-0.4, -0.2) is 20.9 Å². The highest BCUT2D eigenvalue weighted by molar-refractivity contribution is 6.81. The molecule has 1 aromatic rings. The molecule has 2 heteroatoms. The van der Waals surface area contributed by atoms with Gasteiger partial charge in [0, 0.05) is 18.9 Å². The molecular weight excluding hydrogens is 296 g/mol. The Bertz CT molecular complexity index is 589. The molecule has 0 N–H and O–H groups in total. The summed E-state index contributed by atoms with van der Waals surface area (Å²) in [6, 6.07) is 14.9. The second-order valence-electron chi connectivity index (χ2n) is 7.11. The van der Waals surface area contributed by atoms with Crippen LogP contribution in [0, 0.1) is 11.8 Å². The number of hydrogen-bond donors (Lipinski definition) is 0. The van der Waals surface area contributed by atoms with Gasteiger partial charge in [-0.3, -0.25) is 0 Å². The van der Waals surface area contributed by atoms with E-state index in [9.17, 15) is 0 Å². The van der Waals surface area contributed by atoms with Crippen LogP contribution in [0.5, 0.6) is 0 Å². The van der Waals surface area contributed by atoms with Gasteiger partial charge in [-0.2, -0.15) is 0 Å². The van der Waals surface area contributed by atoms with E-state index in [0.29, 0.717) is 17.6 Å². The Morgan fingerprint density at radius 3 is 2.17 bits per heavy atom. The number of methoxy groups -OCH3 is 1. The molecule has 1 nitrogen and oxygen atoms in total. The quantitative estimate of drug-likeness (QED) is 0.461. The Hall–Kier alpha value is -1.12. The van der Waals surface area contributed by atoms with E-state index in [1.54, 1.807) is 11.1 Å². The fourth-order valence-electron chi connectivity index (χ4n) is 4.90. The van der Waals surface area contributed by atoms with Gasteiger partial charge >= 0.3 is 0 Å². The molecule has 1 aromatic carbocycles. The third kappa shape index (κ3) is 2.66. The van der Waals surface area contributed by atoms with Gasteiger partial charge in [0.1, 0.15) is 0 Å². The number of fused-ring (bicyclic) bond motifs is 2. The van der Waals surface area contributed by atoms with Gasteiger partial charge < -0.3 is 4.74 Å². The lowest BCUT2D eigenvalue weighted by Gasteiger charge is -2.39. The first-order valence-corrected chi connectivity index (χ1v) is 11.9. The van der Waals surface area contributed by atoms with Crippen molar-refractivity contribution in [1.82, 2.24) is 0 Å². The van der Waals surface area contributed by atoms with Crippen molar-refractivity contribution in [3.05, 3.63) is 53.6 Å². The predicted octanol–water partition coefficient (Wildman–Crippen LogP) is 5.71. The zero-order valence-electron chi connectivity index (χ0n) is 15.0. The Labute approximate surface area is 142 Å². The van der Waals surface area contributed by atoms with Crippen LogP contribution in [0.2, 0.25) is 18.1 Å². The second kappa shape index (κ2) is 6.78. The minimum absolute atomic E-state index is 0.373. The summed E-state index contributed by atoms with van der Waals surface area (Å²) in [7, 11) is 0.505. The molecule has 0 amide bonds. The molecular formula is C21H30OSi. The fraction of sp³-hybridized carbons (Fsp3) is 0.524. The number of rotatable bonds is 7. The van der Waals surface area contributed by atoms with Gasteiger partial charge in [-0.15, -0.1) is 0 Å². The zero-order valence-corrected chi connectivity index (χ0v) is 16.0. The number of hydrogen-bond acceptors (Lipinski definition) is 1. The third-order valence-corrected chi connectivity index (χ3v) is 12.3. The van der Waals surface area contributed by atoms with Crippen molar-refractivity contribution in [3.63, 3.8) is 0 Å². The minimum atomic E-state index is -1.44. The predicted molar refractivity (Wildman–Crippen MR) is 102 cm³/mol. The van der Waals surface area contributed by atoms with Crippen molar-refractivity contribution < 1.29 is 4.74 Å². The molecule has 0 saturated heterocycles. The summed E-state index contributed by atoms with van der Waals surface area (Å²) in [5, 5.41) is 0. The maximum Gasteiger partial charge on any atom is 0.0921 e. The molecule has 0 spiro atoms. The van der Waals surface area contributed by atoms with E-state index < -0.39 is 8.07 Å². The molecule has 0 heterocycles. The highest BCUT2D eigenvalue weighted by Gasteiger charge is 2.46. The van der Waals surface area contributed by atoms with Crippen LogP contribution in [0.25, 0.3) is 5.57 Å². The molecule has 0 radical (unpaired) electrons. The van der Waals surface area contributed by atoms with E-state index in [1.807, 2.05) is 7.11 Å². The molecule has 0 fully saturated rings. The molecule has 2 aliphatic carbocycles. The third-order valence-electron chi connectivity index (χ3n) is 6.44. The fourth-order valence-corrected chi connectivity index (χ4v) is 9.05. The van der Waals surface area contributed by atoms with Crippen molar-refractivity contribution in [2.45, 2.75) is 51.1 Å². The highest BCUT2D eigenvalue weighted by Crippen LogP contribution is 2.52. The number of allylic oxidation sites excluding steroid dienone is 3. The summed E-state index contributed by atoms with van der Waals surface area (Å²) < 4.78 is 6.25. The van der Waals surface area contributed by atoms with Gasteiger partial charge in [-0.25, -0.2) is 0 Å². The lowest BCUT2D eigenvalue weighted by atomic mass is 9.91. The second-order valence-corrected chi connectivity index (χ2v) is 12.5. The number of ether oxygens (including phenoxy) is 1. The highest BCUT2D eigenvalue weighted by atomic mass is 28.3. The van der Waals surface area contributed by atoms with Gasteiger partial charge in [0.25, 0.3) is 0 Å². The standard InChI is InChI=1S/C21H30OSi/c1-5-23(6-2,7-3)21(22-4)20-18-14-13-17(15-18)19(20)16-11-9-8-10-12-16/h8-14,17-18,21H,5-7,15H2,1-4H3. The van der Waals surface area contributed by atoms with Crippen LogP contribution in [0.15, 0.2) is 48.1 Å². The molecule has 0 saturated carbocycles. The molecule has 2 bridgehead atoms. The van der Waals surface area contributed by atoms with Crippen molar-refractivity contribution in [2.24, 2.45) is 11.8 Å². The van der Waals surface area contributed by atoms with E-state index in [1.165, 1.54) is 30.1 Å². The number of benzene rings is 1. The van der Waals surface area contributed by atoms with Crippen LogP contribution in [0.3, 0.4) is 0 Å². The van der Waals surface area contributed by atoms with E-state index in [-0.39, 0.29) is 0 Å². The van der Waals surface area contributed by atoms with Crippen LogP contribution in [0.4, 0.5) is 0 Å². The molecule has 3 atom stereocenters. The molecule has 124 valence electrons. The van der Waals surface area contributed by atoms with Crippen LogP contribution in [0.1, 0.15) is 32.8 Å². The van der Waals surface area contributed by atoms with Gasteiger partial charge in [0.15, 0.2) is 0 Å². The van der Waals surface area contributed by atoms with Crippen LogP contribution in [-0.2, 0) is 4.74 Å². The summed E-state index contributed by atoms with van der Waals surface area (Å²) in [4.78, 5) is 0. The van der Waals surface area contributed by atoms with E-state index in [0.717, 1.165) is 0 Å². The van der Waals surface area contributed by atoms with E-state index >= 15 is 0 Å². The molecule has 23 heavy (non-hydrogen) atoms. The van der Waals surface area contributed by atoms with Gasteiger partial charge in [-0.05, 0) is 23.1 Å². The maximum absolute atomic E-state index is 6.25. The van der Waals surface area contributed by atoms with Crippen molar-refractivity contribution in [1.29, 1.82) is 0 Å². The Morgan fingerprint density at radius 1 is 1.00 bits per heavy atom. The van der Waals surface area contributed by atoms with Gasteiger partial charge in [0.2, 0.25) is 0 Å². The Morgan fingerprint density at radius 2 is 1.61 bits per heavy atom. The summed E-state index contributed by atoms with van der Waals surface area (Å²) >= 11 is 0. The first-order valence-electron chi connectivity index (χ1n) is 9.21. The molecule has 3 rings (SSSR count). The van der Waals surface area contributed by atoms with Crippen LogP contribution < -0.4 is 0 Å². The van der Waals surface area contributed by atoms with E-state index in [2.05, 4.69) is 63.3 Å². The first kappa shape index (κ1) is 16.7. The topological polar surface area (TPSA) is 9.23 Å². The average molecular weight is 327 g/mol. The normalized spacial score (nSPS) is 24.5. The zero-order chi connectivity index (χ0) is 16.4. The monoisotopic (exact) mass is 326 g/mol. The average Bonchev–Trinajstić information content (AvgIpc) is 3.22. The summed E-state index contributed by atoms with van der Waals surface area (Å²) in [5.74, 6) is 1.21. The largest absolute Gasteiger partial charge is 0.381 e. The van der Waals surface area contributed by atoms with Crippen molar-refractivity contribution in [2.75, 3.05) is 7.11 Å². The smallest absolute Gasteiger partial charge is 0.0921 e. The summed E-state index contributed by atoms with van der Waals surface area (Å²) in [5.41, 5.74) is 4.99. The molecule has 0 aliphatic heterocycles. The van der Waals surface area contributed by atoms with Crippen molar-refractivity contribution in [3.8, 4) is 0 Å². The van der Waals surface area contributed by atoms with Gasteiger partial charge in [0.05, 0.1) is 13.8 Å². The Kier molecular flexibility index (Phi) is 4.93.